The van der Waals surface area contributed by atoms with Gasteiger partial charge in [0.1, 0.15) is 0 Å². The molecule has 0 fully saturated rings. The lowest BCUT2D eigenvalue weighted by molar-refractivity contribution is -0.00713. The topological polar surface area (TPSA) is 39.7 Å². The number of rotatable bonds is 10. The van der Waals surface area contributed by atoms with Crippen LogP contribution < -0.4 is 5.32 Å². The van der Waals surface area contributed by atoms with Crippen molar-refractivity contribution in [3.8, 4) is 0 Å². The fourth-order valence-electron chi connectivity index (χ4n) is 1.11. The molecule has 0 aromatic carbocycles. The highest BCUT2D eigenvalue weighted by molar-refractivity contribution is 4.59. The van der Waals surface area contributed by atoms with Crippen molar-refractivity contribution in [2.24, 2.45) is 0 Å². The Kier molecular flexibility index (Phi) is 10.8. The van der Waals surface area contributed by atoms with Gasteiger partial charge in [-0.15, -0.1) is 0 Å². The van der Waals surface area contributed by atoms with Crippen molar-refractivity contribution in [1.82, 2.24) is 5.32 Å². The third-order valence-electron chi connectivity index (χ3n) is 1.82. The van der Waals surface area contributed by atoms with Crippen molar-refractivity contribution in [3.05, 3.63) is 0 Å². The average molecular weight is 205 g/mol. The van der Waals surface area contributed by atoms with Gasteiger partial charge in [-0.25, -0.2) is 0 Å². The van der Waals surface area contributed by atoms with Gasteiger partial charge in [-0.1, -0.05) is 6.92 Å². The minimum Gasteiger partial charge on any atom is -0.385 e. The molecule has 0 bridgehead atoms. The average Bonchev–Trinajstić information content (AvgIpc) is 2.20. The van der Waals surface area contributed by atoms with Crippen LogP contribution in [-0.2, 0) is 14.2 Å². The maximum atomic E-state index is 5.62. The molecular weight excluding hydrogens is 182 g/mol. The highest BCUT2D eigenvalue weighted by Crippen LogP contribution is 1.94. The Balaban J connectivity index is 3.40. The lowest BCUT2D eigenvalue weighted by atomic mass is 10.3. The molecule has 0 aromatic heterocycles. The molecule has 0 aromatic rings. The highest BCUT2D eigenvalue weighted by Gasteiger charge is 2.07. The van der Waals surface area contributed by atoms with Crippen molar-refractivity contribution in [2.45, 2.75) is 19.4 Å². The fraction of sp³-hybridized carbons (Fsp3) is 1.00. The van der Waals surface area contributed by atoms with Crippen molar-refractivity contribution in [3.63, 3.8) is 0 Å². The van der Waals surface area contributed by atoms with E-state index in [0.29, 0.717) is 6.61 Å². The smallest absolute Gasteiger partial charge is 0.0932 e. The second-order valence-corrected chi connectivity index (χ2v) is 3.10. The standard InChI is InChI=1S/C10H23NO3/c1-4-11-8-10(9-13-3)14-7-5-6-12-2/h10-11H,4-9H2,1-3H3. The first-order valence-electron chi connectivity index (χ1n) is 5.15. The van der Waals surface area contributed by atoms with Crippen molar-refractivity contribution < 1.29 is 14.2 Å². The summed E-state index contributed by atoms with van der Waals surface area (Å²) in [4.78, 5) is 0. The van der Waals surface area contributed by atoms with E-state index in [9.17, 15) is 0 Å². The third-order valence-corrected chi connectivity index (χ3v) is 1.82. The van der Waals surface area contributed by atoms with Crippen LogP contribution in [0.15, 0.2) is 0 Å². The summed E-state index contributed by atoms with van der Waals surface area (Å²) in [6.07, 6.45) is 1.08. The first-order valence-corrected chi connectivity index (χ1v) is 5.15. The van der Waals surface area contributed by atoms with Gasteiger partial charge in [-0.3, -0.25) is 0 Å². The summed E-state index contributed by atoms with van der Waals surface area (Å²) in [6.45, 7) is 6.00. The van der Waals surface area contributed by atoms with Gasteiger partial charge in [0, 0.05) is 34.0 Å². The Morgan fingerprint density at radius 3 is 2.50 bits per heavy atom. The molecule has 0 aliphatic heterocycles. The number of hydrogen-bond donors (Lipinski definition) is 1. The van der Waals surface area contributed by atoms with Crippen LogP contribution in [0.3, 0.4) is 0 Å². The Hall–Kier alpha value is -0.160. The molecule has 0 spiro atoms. The molecule has 0 saturated carbocycles. The van der Waals surface area contributed by atoms with E-state index < -0.39 is 0 Å². The van der Waals surface area contributed by atoms with E-state index in [1.807, 2.05) is 0 Å². The molecule has 0 radical (unpaired) electrons. The predicted molar refractivity (Wildman–Crippen MR) is 56.7 cm³/mol. The molecule has 4 nitrogen and oxygen atoms in total. The molecule has 0 aliphatic rings. The van der Waals surface area contributed by atoms with Gasteiger partial charge >= 0.3 is 0 Å². The molecule has 0 aliphatic carbocycles. The van der Waals surface area contributed by atoms with Crippen LogP contribution in [0.4, 0.5) is 0 Å². The molecule has 0 amide bonds. The van der Waals surface area contributed by atoms with Crippen molar-refractivity contribution >= 4 is 0 Å². The van der Waals surface area contributed by atoms with E-state index in [2.05, 4.69) is 12.2 Å². The molecule has 86 valence electrons. The monoisotopic (exact) mass is 205 g/mol. The molecule has 0 heterocycles. The summed E-state index contributed by atoms with van der Waals surface area (Å²) in [7, 11) is 3.39. The van der Waals surface area contributed by atoms with Gasteiger partial charge in [0.05, 0.1) is 12.7 Å². The van der Waals surface area contributed by atoms with Crippen LogP contribution in [-0.4, -0.2) is 53.2 Å². The summed E-state index contributed by atoms with van der Waals surface area (Å²) in [5.41, 5.74) is 0. The van der Waals surface area contributed by atoms with Gasteiger partial charge in [0.2, 0.25) is 0 Å². The first kappa shape index (κ1) is 13.8. The van der Waals surface area contributed by atoms with Crippen LogP contribution in [0.1, 0.15) is 13.3 Å². The minimum absolute atomic E-state index is 0.150. The van der Waals surface area contributed by atoms with Crippen LogP contribution in [0.2, 0.25) is 0 Å². The second kappa shape index (κ2) is 10.9. The van der Waals surface area contributed by atoms with Crippen LogP contribution in [0, 0.1) is 0 Å². The molecule has 14 heavy (non-hydrogen) atoms. The van der Waals surface area contributed by atoms with E-state index in [1.165, 1.54) is 0 Å². The number of ether oxygens (including phenoxy) is 3. The van der Waals surface area contributed by atoms with Crippen LogP contribution >= 0.6 is 0 Å². The zero-order chi connectivity index (χ0) is 10.6. The zero-order valence-electron chi connectivity index (χ0n) is 9.54. The Bertz CT molecular complexity index is 112. The summed E-state index contributed by atoms with van der Waals surface area (Å²) in [5, 5.41) is 3.24. The van der Waals surface area contributed by atoms with Crippen molar-refractivity contribution in [2.75, 3.05) is 47.1 Å². The minimum atomic E-state index is 0.150. The molecule has 4 heteroatoms. The largest absolute Gasteiger partial charge is 0.385 e. The number of nitrogens with one attached hydrogen (secondary N) is 1. The van der Waals surface area contributed by atoms with E-state index in [1.54, 1.807) is 14.2 Å². The summed E-state index contributed by atoms with van der Waals surface area (Å²) in [6, 6.07) is 0. The van der Waals surface area contributed by atoms with Crippen molar-refractivity contribution in [1.29, 1.82) is 0 Å². The van der Waals surface area contributed by atoms with Gasteiger partial charge in [0.15, 0.2) is 0 Å². The molecule has 1 N–H and O–H groups in total. The number of hydrogen-bond acceptors (Lipinski definition) is 4. The summed E-state index contributed by atoms with van der Waals surface area (Å²) >= 11 is 0. The summed E-state index contributed by atoms with van der Waals surface area (Å²) in [5.74, 6) is 0. The summed E-state index contributed by atoms with van der Waals surface area (Å²) < 4.78 is 15.6. The Morgan fingerprint density at radius 1 is 1.14 bits per heavy atom. The Morgan fingerprint density at radius 2 is 1.93 bits per heavy atom. The van der Waals surface area contributed by atoms with Crippen LogP contribution in [0.5, 0.6) is 0 Å². The first-order chi connectivity index (χ1) is 6.85. The quantitative estimate of drug-likeness (QED) is 0.532. The van der Waals surface area contributed by atoms with Gasteiger partial charge < -0.3 is 19.5 Å². The van der Waals surface area contributed by atoms with Gasteiger partial charge in [-0.05, 0) is 13.0 Å². The second-order valence-electron chi connectivity index (χ2n) is 3.10. The molecule has 0 rings (SSSR count). The molecule has 0 saturated heterocycles. The lowest BCUT2D eigenvalue weighted by Crippen LogP contribution is -2.33. The van der Waals surface area contributed by atoms with E-state index in [-0.39, 0.29) is 6.10 Å². The lowest BCUT2D eigenvalue weighted by Gasteiger charge is -2.17. The van der Waals surface area contributed by atoms with E-state index >= 15 is 0 Å². The Labute approximate surface area is 86.9 Å². The van der Waals surface area contributed by atoms with E-state index in [0.717, 1.165) is 32.7 Å². The number of likely N-dealkylation sites (N-methyl/N-ethyl adjacent to an activating group) is 1. The molecule has 1 atom stereocenters. The molecule has 1 unspecified atom stereocenters. The highest BCUT2D eigenvalue weighted by atomic mass is 16.5. The fourth-order valence-corrected chi connectivity index (χ4v) is 1.11. The molecular formula is C10H23NO3. The zero-order valence-corrected chi connectivity index (χ0v) is 9.54. The van der Waals surface area contributed by atoms with E-state index in [4.69, 9.17) is 14.2 Å². The number of methoxy groups -OCH3 is 2. The van der Waals surface area contributed by atoms with Crippen LogP contribution in [0.25, 0.3) is 0 Å². The maximum Gasteiger partial charge on any atom is 0.0932 e. The van der Waals surface area contributed by atoms with Gasteiger partial charge in [0.25, 0.3) is 0 Å². The maximum absolute atomic E-state index is 5.62. The van der Waals surface area contributed by atoms with Gasteiger partial charge in [-0.2, -0.15) is 0 Å². The normalized spacial score (nSPS) is 13.1. The predicted octanol–water partition coefficient (Wildman–Crippen LogP) is 0.664. The third kappa shape index (κ3) is 8.44. The SMILES string of the molecule is CCNCC(COC)OCCCOC.